The van der Waals surface area contributed by atoms with Crippen LogP contribution in [0.5, 0.6) is 5.75 Å². The Labute approximate surface area is 196 Å². The Bertz CT molecular complexity index is 1080. The van der Waals surface area contributed by atoms with E-state index < -0.39 is 0 Å². The van der Waals surface area contributed by atoms with Crippen molar-refractivity contribution in [1.82, 2.24) is 9.97 Å². The molecule has 2 aliphatic heterocycles. The van der Waals surface area contributed by atoms with E-state index >= 15 is 0 Å². The van der Waals surface area contributed by atoms with Crippen molar-refractivity contribution in [3.8, 4) is 5.75 Å². The van der Waals surface area contributed by atoms with Crippen LogP contribution >= 0.6 is 0 Å². The normalized spacial score (nSPS) is 17.6. The molecular weight excluding hydrogens is 410 g/mol. The fraction of sp³-hybridized carbons (Fsp3) is 0.429. The van der Waals surface area contributed by atoms with E-state index in [1.165, 1.54) is 23.1 Å². The lowest BCUT2D eigenvalue weighted by atomic mass is 9.78. The van der Waals surface area contributed by atoms with Gasteiger partial charge in [0, 0.05) is 24.7 Å². The number of anilines is 1. The van der Waals surface area contributed by atoms with E-state index in [1.54, 1.807) is 0 Å². The minimum absolute atomic E-state index is 0.0642. The molecule has 5 rings (SSSR count). The second-order valence-electron chi connectivity index (χ2n) is 9.92. The molecule has 2 aliphatic rings. The minimum atomic E-state index is -0.0642. The number of hydrogen-bond acceptors (Lipinski definition) is 5. The van der Waals surface area contributed by atoms with Crippen LogP contribution in [0.1, 0.15) is 55.5 Å². The molecule has 33 heavy (non-hydrogen) atoms. The standard InChI is InChI=1S/C28H33N3O2/c1-21-4-6-22(7-5-21)27(2,3)23-8-10-25(11-9-23)32-20-24-12-16-29-26(30-24)31-17-13-28(14-18-31)15-19-33-28/h4-12,16H,13-15,17-20H2,1-3H3. The first kappa shape index (κ1) is 21.9. The highest BCUT2D eigenvalue weighted by Crippen LogP contribution is 2.37. The van der Waals surface area contributed by atoms with Crippen molar-refractivity contribution < 1.29 is 9.47 Å². The molecule has 2 aromatic carbocycles. The van der Waals surface area contributed by atoms with Gasteiger partial charge in [-0.05, 0) is 55.5 Å². The predicted octanol–water partition coefficient (Wildman–Crippen LogP) is 5.45. The molecule has 0 bridgehead atoms. The molecule has 0 radical (unpaired) electrons. The minimum Gasteiger partial charge on any atom is -0.487 e. The van der Waals surface area contributed by atoms with E-state index in [-0.39, 0.29) is 11.0 Å². The van der Waals surface area contributed by atoms with Gasteiger partial charge in [0.25, 0.3) is 0 Å². The number of aromatic nitrogens is 2. The van der Waals surface area contributed by atoms with Gasteiger partial charge in [-0.2, -0.15) is 0 Å². The van der Waals surface area contributed by atoms with E-state index in [4.69, 9.17) is 14.5 Å². The van der Waals surface area contributed by atoms with Crippen molar-refractivity contribution in [2.75, 3.05) is 24.6 Å². The third-order valence-electron chi connectivity index (χ3n) is 7.36. The molecule has 0 atom stereocenters. The average Bonchev–Trinajstić information content (AvgIpc) is 2.82. The van der Waals surface area contributed by atoms with E-state index in [2.05, 4.69) is 79.2 Å². The number of benzene rings is 2. The summed E-state index contributed by atoms with van der Waals surface area (Å²) < 4.78 is 11.9. The van der Waals surface area contributed by atoms with Gasteiger partial charge < -0.3 is 14.4 Å². The molecule has 2 saturated heterocycles. The molecular formula is C28H33N3O2. The first-order chi connectivity index (χ1) is 15.9. The molecule has 0 aliphatic carbocycles. The number of rotatable bonds is 6. The summed E-state index contributed by atoms with van der Waals surface area (Å²) in [4.78, 5) is 11.5. The van der Waals surface area contributed by atoms with Crippen LogP contribution in [0.15, 0.2) is 60.8 Å². The lowest BCUT2D eigenvalue weighted by molar-refractivity contribution is -0.158. The zero-order valence-electron chi connectivity index (χ0n) is 19.9. The smallest absolute Gasteiger partial charge is 0.225 e. The summed E-state index contributed by atoms with van der Waals surface area (Å²) in [6.07, 6.45) is 5.14. The second-order valence-corrected chi connectivity index (χ2v) is 9.92. The molecule has 0 N–H and O–H groups in total. The lowest BCUT2D eigenvalue weighted by Gasteiger charge is -2.47. The Morgan fingerprint density at radius 3 is 2.18 bits per heavy atom. The SMILES string of the molecule is Cc1ccc(C(C)(C)c2ccc(OCc3ccnc(N4CCC5(CCO5)CC4)n3)cc2)cc1. The van der Waals surface area contributed by atoms with E-state index in [0.29, 0.717) is 6.61 Å². The predicted molar refractivity (Wildman–Crippen MR) is 131 cm³/mol. The van der Waals surface area contributed by atoms with Crippen LogP contribution in [0.4, 0.5) is 5.95 Å². The second kappa shape index (κ2) is 8.79. The Balaban J connectivity index is 1.20. The van der Waals surface area contributed by atoms with Crippen LogP contribution in [0.3, 0.4) is 0 Å². The molecule has 172 valence electrons. The van der Waals surface area contributed by atoms with Crippen LogP contribution in [0.25, 0.3) is 0 Å². The van der Waals surface area contributed by atoms with Gasteiger partial charge in [-0.1, -0.05) is 55.8 Å². The van der Waals surface area contributed by atoms with Gasteiger partial charge in [0.1, 0.15) is 12.4 Å². The summed E-state index contributed by atoms with van der Waals surface area (Å²) in [6.45, 7) is 9.87. The first-order valence-corrected chi connectivity index (χ1v) is 11.9. The molecule has 0 amide bonds. The molecule has 2 fully saturated rings. The maximum Gasteiger partial charge on any atom is 0.225 e. The number of nitrogens with zero attached hydrogens (tertiary/aromatic N) is 3. The zero-order valence-corrected chi connectivity index (χ0v) is 19.9. The Morgan fingerprint density at radius 2 is 1.58 bits per heavy atom. The van der Waals surface area contributed by atoms with Gasteiger partial charge in [0.05, 0.1) is 17.9 Å². The molecule has 5 nitrogen and oxygen atoms in total. The largest absolute Gasteiger partial charge is 0.487 e. The Morgan fingerprint density at radius 1 is 0.939 bits per heavy atom. The van der Waals surface area contributed by atoms with Gasteiger partial charge >= 0.3 is 0 Å². The molecule has 0 saturated carbocycles. The van der Waals surface area contributed by atoms with Crippen molar-refractivity contribution >= 4 is 5.95 Å². The number of piperidine rings is 1. The Hall–Kier alpha value is -2.92. The molecule has 3 aromatic rings. The molecule has 0 unspecified atom stereocenters. The fourth-order valence-electron chi connectivity index (χ4n) is 4.78. The highest BCUT2D eigenvalue weighted by atomic mass is 16.5. The van der Waals surface area contributed by atoms with E-state index in [9.17, 15) is 0 Å². The Kier molecular flexibility index (Phi) is 5.83. The van der Waals surface area contributed by atoms with Gasteiger partial charge in [0.2, 0.25) is 5.95 Å². The average molecular weight is 444 g/mol. The van der Waals surface area contributed by atoms with Crippen molar-refractivity contribution in [2.24, 2.45) is 0 Å². The fourth-order valence-corrected chi connectivity index (χ4v) is 4.78. The van der Waals surface area contributed by atoms with Gasteiger partial charge in [-0.3, -0.25) is 0 Å². The molecule has 1 spiro atoms. The maximum absolute atomic E-state index is 6.05. The highest BCUT2D eigenvalue weighted by molar-refractivity contribution is 5.41. The summed E-state index contributed by atoms with van der Waals surface area (Å²) in [5.41, 5.74) is 4.82. The molecule has 5 heteroatoms. The van der Waals surface area contributed by atoms with E-state index in [0.717, 1.165) is 49.9 Å². The number of ether oxygens (including phenoxy) is 2. The van der Waals surface area contributed by atoms with Crippen molar-refractivity contribution in [3.63, 3.8) is 0 Å². The number of hydrogen-bond donors (Lipinski definition) is 0. The van der Waals surface area contributed by atoms with Crippen LogP contribution in [-0.4, -0.2) is 35.3 Å². The van der Waals surface area contributed by atoms with Gasteiger partial charge in [-0.15, -0.1) is 0 Å². The van der Waals surface area contributed by atoms with Crippen LogP contribution in [-0.2, 0) is 16.8 Å². The molecule has 1 aromatic heterocycles. The summed E-state index contributed by atoms with van der Waals surface area (Å²) in [6, 6.07) is 19.1. The topological polar surface area (TPSA) is 47.5 Å². The summed E-state index contributed by atoms with van der Waals surface area (Å²) in [7, 11) is 0. The van der Waals surface area contributed by atoms with Crippen molar-refractivity contribution in [2.45, 2.75) is 57.7 Å². The third kappa shape index (κ3) is 4.60. The van der Waals surface area contributed by atoms with Gasteiger partial charge in [-0.25, -0.2) is 9.97 Å². The first-order valence-electron chi connectivity index (χ1n) is 11.9. The zero-order chi connectivity index (χ0) is 22.9. The quantitative estimate of drug-likeness (QED) is 0.507. The molecule has 3 heterocycles. The highest BCUT2D eigenvalue weighted by Gasteiger charge is 2.41. The van der Waals surface area contributed by atoms with Crippen LogP contribution < -0.4 is 9.64 Å². The number of aryl methyl sites for hydroxylation is 1. The van der Waals surface area contributed by atoms with Crippen molar-refractivity contribution in [1.29, 1.82) is 0 Å². The summed E-state index contributed by atoms with van der Waals surface area (Å²) in [5.74, 6) is 1.64. The maximum atomic E-state index is 6.05. The van der Waals surface area contributed by atoms with Crippen molar-refractivity contribution in [3.05, 3.63) is 83.2 Å². The third-order valence-corrected chi connectivity index (χ3v) is 7.36. The van der Waals surface area contributed by atoms with Crippen LogP contribution in [0, 0.1) is 6.92 Å². The van der Waals surface area contributed by atoms with Crippen LogP contribution in [0.2, 0.25) is 0 Å². The van der Waals surface area contributed by atoms with E-state index in [1.807, 2.05) is 12.3 Å². The lowest BCUT2D eigenvalue weighted by Crippen LogP contribution is -2.52. The monoisotopic (exact) mass is 443 g/mol. The summed E-state index contributed by atoms with van der Waals surface area (Å²) >= 11 is 0. The van der Waals surface area contributed by atoms with Gasteiger partial charge in [0.15, 0.2) is 0 Å². The summed E-state index contributed by atoms with van der Waals surface area (Å²) in [5, 5.41) is 0.